The normalized spacial score (nSPS) is 22.0. The first-order chi connectivity index (χ1) is 11.5. The third-order valence-corrected chi connectivity index (χ3v) is 5.66. The van der Waals surface area contributed by atoms with Crippen molar-refractivity contribution >= 4 is 57.2 Å². The van der Waals surface area contributed by atoms with Gasteiger partial charge in [-0.05, 0) is 49.5 Å². The zero-order valence-electron chi connectivity index (χ0n) is 13.4. The number of para-hydroxylation sites is 1. The number of hydrogen-bond donors (Lipinski definition) is 1. The Morgan fingerprint density at radius 3 is 2.62 bits per heavy atom. The van der Waals surface area contributed by atoms with Crippen molar-refractivity contribution in [3.05, 3.63) is 59.6 Å². The first-order valence-corrected chi connectivity index (χ1v) is 9.37. The van der Waals surface area contributed by atoms with Crippen LogP contribution in [0.4, 0.5) is 11.4 Å². The molecule has 1 saturated heterocycles. The molecule has 2 aromatic carbocycles. The molecular weight excluding hydrogens is 358 g/mol. The lowest BCUT2D eigenvalue weighted by Gasteiger charge is -2.25. The molecule has 3 rings (SSSR count). The predicted molar refractivity (Wildman–Crippen MR) is 110 cm³/mol. The maximum atomic E-state index is 6.05. The molecule has 0 amide bonds. The van der Waals surface area contributed by atoms with Crippen LogP contribution < -0.4 is 5.32 Å². The van der Waals surface area contributed by atoms with Crippen LogP contribution in [-0.4, -0.2) is 26.5 Å². The minimum Gasteiger partial charge on any atom is -0.332 e. The second-order valence-corrected chi connectivity index (χ2v) is 7.77. The van der Waals surface area contributed by atoms with E-state index in [0.29, 0.717) is 15.4 Å². The Bertz CT molecular complexity index is 764. The van der Waals surface area contributed by atoms with E-state index in [0.717, 1.165) is 16.5 Å². The molecule has 2 unspecified atom stereocenters. The highest BCUT2D eigenvalue weighted by Gasteiger charge is 2.36. The Hall–Kier alpha value is -1.56. The lowest BCUT2D eigenvalue weighted by atomic mass is 10.2. The summed E-state index contributed by atoms with van der Waals surface area (Å²) in [4.78, 5) is 6.85. The van der Waals surface area contributed by atoms with Gasteiger partial charge in [-0.15, -0.1) is 0 Å². The number of hydrogen-bond acceptors (Lipinski definition) is 3. The van der Waals surface area contributed by atoms with Crippen LogP contribution in [0.3, 0.4) is 0 Å². The molecule has 6 heteroatoms. The van der Waals surface area contributed by atoms with E-state index in [1.165, 1.54) is 0 Å². The molecule has 0 aliphatic carbocycles. The van der Waals surface area contributed by atoms with Crippen LogP contribution in [0.25, 0.3) is 0 Å². The predicted octanol–water partition coefficient (Wildman–Crippen LogP) is 5.55. The summed E-state index contributed by atoms with van der Waals surface area (Å²) in [7, 11) is 0. The van der Waals surface area contributed by atoms with Gasteiger partial charge < -0.3 is 5.32 Å². The van der Waals surface area contributed by atoms with Gasteiger partial charge in [0.1, 0.15) is 0 Å². The third kappa shape index (κ3) is 3.91. The van der Waals surface area contributed by atoms with Gasteiger partial charge in [-0.1, -0.05) is 54.6 Å². The minimum absolute atomic E-state index is 0.261. The zero-order chi connectivity index (χ0) is 17.1. The SMILES string of the molecule is CC1S/C(=N/c2ccccc2)N(C(=S)Nc2cccc(Cl)c2)C1C. The van der Waals surface area contributed by atoms with Crippen LogP contribution in [0.5, 0.6) is 0 Å². The van der Waals surface area contributed by atoms with Crippen molar-refractivity contribution in [2.75, 3.05) is 5.32 Å². The second-order valence-electron chi connectivity index (χ2n) is 5.60. The average Bonchev–Trinajstić information content (AvgIpc) is 2.82. The summed E-state index contributed by atoms with van der Waals surface area (Å²) in [5.74, 6) is 0. The van der Waals surface area contributed by atoms with Gasteiger partial charge in [0.25, 0.3) is 0 Å². The molecule has 1 fully saturated rings. The number of benzene rings is 2. The summed E-state index contributed by atoms with van der Waals surface area (Å²) in [5.41, 5.74) is 1.81. The summed E-state index contributed by atoms with van der Waals surface area (Å²) in [6.07, 6.45) is 0. The number of nitrogens with one attached hydrogen (secondary N) is 1. The van der Waals surface area contributed by atoms with Gasteiger partial charge in [0.05, 0.1) is 5.69 Å². The number of amidine groups is 1. The molecule has 0 aromatic heterocycles. The highest BCUT2D eigenvalue weighted by atomic mass is 35.5. The molecule has 24 heavy (non-hydrogen) atoms. The number of nitrogens with zero attached hydrogens (tertiary/aromatic N) is 2. The van der Waals surface area contributed by atoms with Crippen molar-refractivity contribution in [1.82, 2.24) is 4.90 Å². The Kier molecular flexibility index (Phi) is 5.43. The molecule has 1 N–H and O–H groups in total. The van der Waals surface area contributed by atoms with E-state index in [4.69, 9.17) is 28.8 Å². The number of anilines is 1. The topological polar surface area (TPSA) is 27.6 Å². The standard InChI is InChI=1S/C18H18ClN3S2/c1-12-13(2)24-18(21-15-8-4-3-5-9-15)22(12)17(23)20-16-10-6-7-14(19)11-16/h3-13H,1-2H3,(H,20,23)/b21-18+. The highest BCUT2D eigenvalue weighted by Crippen LogP contribution is 2.33. The molecule has 0 saturated carbocycles. The monoisotopic (exact) mass is 375 g/mol. The van der Waals surface area contributed by atoms with Gasteiger partial charge in [0.2, 0.25) is 0 Å². The largest absolute Gasteiger partial charge is 0.332 e. The third-order valence-electron chi connectivity index (χ3n) is 3.86. The van der Waals surface area contributed by atoms with Gasteiger partial charge in [0.15, 0.2) is 10.3 Å². The molecule has 3 nitrogen and oxygen atoms in total. The lowest BCUT2D eigenvalue weighted by molar-refractivity contribution is 0.489. The Balaban J connectivity index is 1.85. The number of thiocarbonyl (C=S) groups is 1. The summed E-state index contributed by atoms with van der Waals surface area (Å²) in [6, 6.07) is 17.8. The van der Waals surface area contributed by atoms with Crippen molar-refractivity contribution in [1.29, 1.82) is 0 Å². The summed E-state index contributed by atoms with van der Waals surface area (Å²) in [5, 5.41) is 5.91. The summed E-state index contributed by atoms with van der Waals surface area (Å²) < 4.78 is 0. The van der Waals surface area contributed by atoms with Crippen molar-refractivity contribution < 1.29 is 0 Å². The minimum atomic E-state index is 0.261. The van der Waals surface area contributed by atoms with Gasteiger partial charge in [-0.25, -0.2) is 4.99 Å². The van der Waals surface area contributed by atoms with Crippen molar-refractivity contribution in [2.45, 2.75) is 25.1 Å². The van der Waals surface area contributed by atoms with E-state index in [9.17, 15) is 0 Å². The molecule has 1 aliphatic heterocycles. The molecular formula is C18H18ClN3S2. The van der Waals surface area contributed by atoms with Crippen molar-refractivity contribution in [3.8, 4) is 0 Å². The van der Waals surface area contributed by atoms with Crippen LogP contribution in [0, 0.1) is 0 Å². The van der Waals surface area contributed by atoms with Gasteiger partial charge in [0, 0.05) is 22.0 Å². The first-order valence-electron chi connectivity index (χ1n) is 7.71. The van der Waals surface area contributed by atoms with Crippen molar-refractivity contribution in [3.63, 3.8) is 0 Å². The number of rotatable bonds is 2. The number of aliphatic imine (C=N–C) groups is 1. The Labute approximate surface area is 157 Å². The van der Waals surface area contributed by atoms with Crippen LogP contribution >= 0.6 is 35.6 Å². The van der Waals surface area contributed by atoms with E-state index in [1.54, 1.807) is 11.8 Å². The fraction of sp³-hybridized carbons (Fsp3) is 0.222. The van der Waals surface area contributed by atoms with Gasteiger partial charge in [-0.2, -0.15) is 0 Å². The molecule has 2 aromatic rings. The Morgan fingerprint density at radius 2 is 1.92 bits per heavy atom. The number of thioether (sulfide) groups is 1. The van der Waals surface area contributed by atoms with E-state index in [-0.39, 0.29) is 6.04 Å². The lowest BCUT2D eigenvalue weighted by Crippen LogP contribution is -2.41. The maximum Gasteiger partial charge on any atom is 0.179 e. The fourth-order valence-electron chi connectivity index (χ4n) is 2.42. The second kappa shape index (κ2) is 7.55. The molecule has 0 bridgehead atoms. The average molecular weight is 376 g/mol. The molecule has 0 spiro atoms. The van der Waals surface area contributed by atoms with Crippen molar-refractivity contribution in [2.24, 2.45) is 4.99 Å². The first kappa shape index (κ1) is 17.3. The van der Waals surface area contributed by atoms with E-state index < -0.39 is 0 Å². The quantitative estimate of drug-likeness (QED) is 0.696. The smallest absolute Gasteiger partial charge is 0.179 e. The highest BCUT2D eigenvalue weighted by molar-refractivity contribution is 8.14. The molecule has 2 atom stereocenters. The van der Waals surface area contributed by atoms with Gasteiger partial charge >= 0.3 is 0 Å². The molecule has 1 heterocycles. The fourth-order valence-corrected chi connectivity index (χ4v) is 4.22. The summed E-state index contributed by atoms with van der Waals surface area (Å²) >= 11 is 13.4. The van der Waals surface area contributed by atoms with Crippen LogP contribution in [0.1, 0.15) is 13.8 Å². The molecule has 1 aliphatic rings. The van der Waals surface area contributed by atoms with Crippen LogP contribution in [0.15, 0.2) is 59.6 Å². The van der Waals surface area contributed by atoms with E-state index in [1.807, 2.05) is 54.6 Å². The van der Waals surface area contributed by atoms with Gasteiger partial charge in [-0.3, -0.25) is 4.90 Å². The summed E-state index contributed by atoms with van der Waals surface area (Å²) in [6.45, 7) is 4.36. The molecule has 0 radical (unpaired) electrons. The number of halogens is 1. The van der Waals surface area contributed by atoms with Crippen LogP contribution in [0.2, 0.25) is 5.02 Å². The van der Waals surface area contributed by atoms with E-state index >= 15 is 0 Å². The Morgan fingerprint density at radius 1 is 1.17 bits per heavy atom. The zero-order valence-corrected chi connectivity index (χ0v) is 15.8. The maximum absolute atomic E-state index is 6.05. The van der Waals surface area contributed by atoms with E-state index in [2.05, 4.69) is 24.1 Å². The van der Waals surface area contributed by atoms with Crippen LogP contribution in [-0.2, 0) is 0 Å². The molecule has 124 valence electrons.